The highest BCUT2D eigenvalue weighted by Gasteiger charge is 2.19. The van der Waals surface area contributed by atoms with E-state index < -0.39 is 0 Å². The first-order chi connectivity index (χ1) is 8.34. The van der Waals surface area contributed by atoms with Crippen molar-refractivity contribution in [2.24, 2.45) is 0 Å². The molecule has 3 heterocycles. The summed E-state index contributed by atoms with van der Waals surface area (Å²) in [5.41, 5.74) is 0. The highest BCUT2D eigenvalue weighted by Crippen LogP contribution is 2.24. The number of thiophene rings is 1. The van der Waals surface area contributed by atoms with Crippen LogP contribution in [-0.2, 0) is 11.3 Å². The molecule has 0 aromatic carbocycles. The van der Waals surface area contributed by atoms with E-state index in [1.165, 1.54) is 0 Å². The summed E-state index contributed by atoms with van der Waals surface area (Å²) in [5.74, 6) is 0.917. The molecule has 0 amide bonds. The number of aromatic nitrogens is 3. The number of ether oxygens (including phenoxy) is 1. The van der Waals surface area contributed by atoms with Crippen LogP contribution in [-0.4, -0.2) is 27.5 Å². The smallest absolute Gasteiger partial charge is 0.195 e. The number of nitrogens with zero attached hydrogens (tertiary/aromatic N) is 2. The number of rotatable bonds is 3. The molecule has 0 saturated carbocycles. The molecule has 6 heteroatoms. The van der Waals surface area contributed by atoms with E-state index in [4.69, 9.17) is 17.0 Å². The van der Waals surface area contributed by atoms with Crippen LogP contribution in [0.4, 0.5) is 0 Å². The standard InChI is InChI=1S/C11H13N3OS2/c16-11-13-12-10(9-4-2-6-17-9)14(11)7-8-3-1-5-15-8/h2,4,6,8H,1,3,5,7H2,(H,13,16). The van der Waals surface area contributed by atoms with Crippen molar-refractivity contribution in [3.05, 3.63) is 22.3 Å². The third-order valence-corrected chi connectivity index (χ3v) is 4.09. The maximum Gasteiger partial charge on any atom is 0.195 e. The Morgan fingerprint density at radius 1 is 1.65 bits per heavy atom. The van der Waals surface area contributed by atoms with Gasteiger partial charge >= 0.3 is 0 Å². The zero-order valence-corrected chi connectivity index (χ0v) is 10.9. The molecule has 0 bridgehead atoms. The Morgan fingerprint density at radius 2 is 2.59 bits per heavy atom. The number of H-pyrrole nitrogens is 1. The number of aromatic amines is 1. The Kier molecular flexibility index (Phi) is 3.09. The molecule has 90 valence electrons. The van der Waals surface area contributed by atoms with Gasteiger partial charge in [0, 0.05) is 6.61 Å². The van der Waals surface area contributed by atoms with E-state index >= 15 is 0 Å². The van der Waals surface area contributed by atoms with Crippen LogP contribution in [0.15, 0.2) is 17.5 Å². The van der Waals surface area contributed by atoms with Gasteiger partial charge in [-0.25, -0.2) is 0 Å². The number of nitrogens with one attached hydrogen (secondary N) is 1. The fourth-order valence-corrected chi connectivity index (χ4v) is 3.00. The van der Waals surface area contributed by atoms with Gasteiger partial charge in [-0.15, -0.1) is 11.3 Å². The van der Waals surface area contributed by atoms with Gasteiger partial charge in [0.25, 0.3) is 0 Å². The zero-order chi connectivity index (χ0) is 11.7. The fourth-order valence-electron chi connectivity index (χ4n) is 2.07. The minimum Gasteiger partial charge on any atom is -0.376 e. The summed E-state index contributed by atoms with van der Waals surface area (Å²) in [5, 5.41) is 9.21. The highest BCUT2D eigenvalue weighted by molar-refractivity contribution is 7.71. The molecule has 0 aliphatic carbocycles. The minimum absolute atomic E-state index is 0.276. The molecule has 1 saturated heterocycles. The van der Waals surface area contributed by atoms with Gasteiger partial charge in [-0.3, -0.25) is 9.67 Å². The third-order valence-electron chi connectivity index (χ3n) is 2.91. The van der Waals surface area contributed by atoms with Gasteiger partial charge in [0.1, 0.15) is 0 Å². The maximum atomic E-state index is 5.65. The Morgan fingerprint density at radius 3 is 3.29 bits per heavy atom. The Bertz CT molecular complexity index is 537. The molecular formula is C11H13N3OS2. The number of hydrogen-bond donors (Lipinski definition) is 1. The maximum absolute atomic E-state index is 5.65. The molecule has 2 aromatic heterocycles. The van der Waals surface area contributed by atoms with Crippen molar-refractivity contribution < 1.29 is 4.74 Å². The molecule has 3 rings (SSSR count). The summed E-state index contributed by atoms with van der Waals surface area (Å²) in [7, 11) is 0. The first-order valence-electron chi connectivity index (χ1n) is 5.65. The van der Waals surface area contributed by atoms with Crippen molar-refractivity contribution in [1.29, 1.82) is 0 Å². The molecule has 0 spiro atoms. The van der Waals surface area contributed by atoms with Crippen LogP contribution in [0.1, 0.15) is 12.8 Å². The van der Waals surface area contributed by atoms with Crippen molar-refractivity contribution in [1.82, 2.24) is 14.8 Å². The summed E-state index contributed by atoms with van der Waals surface area (Å²) in [6.07, 6.45) is 2.53. The predicted molar refractivity (Wildman–Crippen MR) is 69.7 cm³/mol. The lowest BCUT2D eigenvalue weighted by Gasteiger charge is -2.11. The lowest BCUT2D eigenvalue weighted by Crippen LogP contribution is -2.15. The lowest BCUT2D eigenvalue weighted by atomic mass is 10.2. The van der Waals surface area contributed by atoms with Crippen LogP contribution in [0, 0.1) is 4.77 Å². The Hall–Kier alpha value is -0.980. The molecule has 1 N–H and O–H groups in total. The molecule has 1 unspecified atom stereocenters. The van der Waals surface area contributed by atoms with E-state index in [1.807, 2.05) is 16.0 Å². The first-order valence-corrected chi connectivity index (χ1v) is 6.94. The Balaban J connectivity index is 1.92. The molecule has 1 fully saturated rings. The average molecular weight is 267 g/mol. The second kappa shape index (κ2) is 4.72. The second-order valence-corrected chi connectivity index (χ2v) is 5.41. The zero-order valence-electron chi connectivity index (χ0n) is 9.26. The molecule has 4 nitrogen and oxygen atoms in total. The molecule has 2 aromatic rings. The first kappa shape index (κ1) is 11.1. The summed E-state index contributed by atoms with van der Waals surface area (Å²) in [4.78, 5) is 1.13. The van der Waals surface area contributed by atoms with Gasteiger partial charge in [-0.2, -0.15) is 5.10 Å². The van der Waals surface area contributed by atoms with Crippen LogP contribution in [0.2, 0.25) is 0 Å². The van der Waals surface area contributed by atoms with Gasteiger partial charge < -0.3 is 4.74 Å². The van der Waals surface area contributed by atoms with Crippen molar-refractivity contribution in [2.75, 3.05) is 6.61 Å². The Labute approximate surface area is 108 Å². The molecular weight excluding hydrogens is 254 g/mol. The summed E-state index contributed by atoms with van der Waals surface area (Å²) in [6, 6.07) is 4.08. The van der Waals surface area contributed by atoms with E-state index in [-0.39, 0.29) is 6.10 Å². The van der Waals surface area contributed by atoms with E-state index in [0.717, 1.165) is 36.7 Å². The van der Waals surface area contributed by atoms with Crippen molar-refractivity contribution in [3.8, 4) is 10.7 Å². The average Bonchev–Trinajstić information content (AvgIpc) is 3.03. The van der Waals surface area contributed by atoms with Crippen LogP contribution >= 0.6 is 23.6 Å². The molecule has 1 atom stereocenters. The molecule has 1 aliphatic heterocycles. The lowest BCUT2D eigenvalue weighted by molar-refractivity contribution is 0.0970. The van der Waals surface area contributed by atoms with Gasteiger partial charge in [-0.05, 0) is 36.5 Å². The van der Waals surface area contributed by atoms with E-state index in [0.29, 0.717) is 4.77 Å². The SMILES string of the molecule is S=c1[nH]nc(-c2cccs2)n1CC1CCCO1. The van der Waals surface area contributed by atoms with Crippen molar-refractivity contribution >= 4 is 23.6 Å². The summed E-state index contributed by atoms with van der Waals surface area (Å²) >= 11 is 6.95. The van der Waals surface area contributed by atoms with Gasteiger partial charge in [0.2, 0.25) is 0 Å². The predicted octanol–water partition coefficient (Wildman–Crippen LogP) is 2.85. The largest absolute Gasteiger partial charge is 0.376 e. The topological polar surface area (TPSA) is 42.8 Å². The van der Waals surface area contributed by atoms with E-state index in [1.54, 1.807) is 11.3 Å². The summed E-state index contributed by atoms with van der Waals surface area (Å²) < 4.78 is 8.36. The molecule has 0 radical (unpaired) electrons. The monoisotopic (exact) mass is 267 g/mol. The van der Waals surface area contributed by atoms with Crippen LogP contribution in [0.3, 0.4) is 0 Å². The van der Waals surface area contributed by atoms with Gasteiger partial charge in [0.05, 0.1) is 17.5 Å². The quantitative estimate of drug-likeness (QED) is 0.870. The van der Waals surface area contributed by atoms with E-state index in [2.05, 4.69) is 16.3 Å². The number of hydrogen-bond acceptors (Lipinski definition) is 4. The third kappa shape index (κ3) is 2.20. The fraction of sp³-hybridized carbons (Fsp3) is 0.455. The highest BCUT2D eigenvalue weighted by atomic mass is 32.1. The van der Waals surface area contributed by atoms with Crippen molar-refractivity contribution in [2.45, 2.75) is 25.5 Å². The van der Waals surface area contributed by atoms with Crippen LogP contribution < -0.4 is 0 Å². The minimum atomic E-state index is 0.276. The molecule has 1 aliphatic rings. The van der Waals surface area contributed by atoms with Crippen LogP contribution in [0.5, 0.6) is 0 Å². The second-order valence-electron chi connectivity index (χ2n) is 4.08. The van der Waals surface area contributed by atoms with Gasteiger partial charge in [-0.1, -0.05) is 6.07 Å². The van der Waals surface area contributed by atoms with Crippen molar-refractivity contribution in [3.63, 3.8) is 0 Å². The normalized spacial score (nSPS) is 19.9. The van der Waals surface area contributed by atoms with Crippen LogP contribution in [0.25, 0.3) is 10.7 Å². The van der Waals surface area contributed by atoms with E-state index in [9.17, 15) is 0 Å². The molecule has 17 heavy (non-hydrogen) atoms. The van der Waals surface area contributed by atoms with Gasteiger partial charge in [0.15, 0.2) is 10.6 Å². The summed E-state index contributed by atoms with van der Waals surface area (Å²) in [6.45, 7) is 1.66.